The van der Waals surface area contributed by atoms with Gasteiger partial charge in [-0.3, -0.25) is 0 Å². The molecule has 1 heterocycles. The Morgan fingerprint density at radius 1 is 1.20 bits per heavy atom. The molecular weight excluding hydrogens is 186 g/mol. The smallest absolute Gasteiger partial charge is 0.0477 e. The molecule has 2 nitrogen and oxygen atoms in total. The van der Waals surface area contributed by atoms with Crippen LogP contribution in [0.3, 0.4) is 0 Å². The van der Waals surface area contributed by atoms with Crippen LogP contribution in [0.15, 0.2) is 24.3 Å². The Bertz CT molecular complexity index is 417. The van der Waals surface area contributed by atoms with E-state index in [-0.39, 0.29) is 5.41 Å². The van der Waals surface area contributed by atoms with Gasteiger partial charge in [0.25, 0.3) is 0 Å². The molecule has 1 aromatic rings. The zero-order chi connectivity index (χ0) is 10.3. The van der Waals surface area contributed by atoms with Crippen LogP contribution >= 0.6 is 0 Å². The quantitative estimate of drug-likeness (QED) is 0.654. The van der Waals surface area contributed by atoms with Gasteiger partial charge in [-0.1, -0.05) is 18.2 Å². The van der Waals surface area contributed by atoms with E-state index in [2.05, 4.69) is 24.3 Å². The lowest BCUT2D eigenvalue weighted by molar-refractivity contribution is 0.0663. The third kappa shape index (κ3) is 1.29. The number of rotatable bonds is 0. The maximum atomic E-state index is 5.79. The van der Waals surface area contributed by atoms with E-state index in [1.165, 1.54) is 11.1 Å². The fourth-order valence-electron chi connectivity index (χ4n) is 2.68. The molecule has 1 aliphatic heterocycles. The minimum absolute atomic E-state index is 0.237. The van der Waals surface area contributed by atoms with Crippen molar-refractivity contribution in [2.75, 3.05) is 18.9 Å². The topological polar surface area (TPSA) is 35.2 Å². The van der Waals surface area contributed by atoms with Crippen molar-refractivity contribution in [2.24, 2.45) is 0 Å². The molecule has 78 valence electrons. The number of nitrogens with two attached hydrogens (primary N) is 1. The zero-order valence-corrected chi connectivity index (χ0v) is 8.70. The number of fused-ring (bicyclic) bond motifs is 2. The highest BCUT2D eigenvalue weighted by atomic mass is 16.5. The summed E-state index contributed by atoms with van der Waals surface area (Å²) in [6.07, 6.45) is 6.73. The molecule has 15 heavy (non-hydrogen) atoms. The van der Waals surface area contributed by atoms with Crippen molar-refractivity contribution in [1.29, 1.82) is 0 Å². The highest BCUT2D eigenvalue weighted by Crippen LogP contribution is 2.43. The Balaban J connectivity index is 2.07. The van der Waals surface area contributed by atoms with Crippen LogP contribution < -0.4 is 5.73 Å². The lowest BCUT2D eigenvalue weighted by Crippen LogP contribution is -2.30. The minimum atomic E-state index is 0.237. The van der Waals surface area contributed by atoms with Crippen LogP contribution in [0.4, 0.5) is 5.69 Å². The first-order valence-corrected chi connectivity index (χ1v) is 5.47. The largest absolute Gasteiger partial charge is 0.399 e. The predicted octanol–water partition coefficient (Wildman–Crippen LogP) is 2.34. The van der Waals surface area contributed by atoms with Gasteiger partial charge in [0.15, 0.2) is 0 Å². The van der Waals surface area contributed by atoms with Crippen LogP contribution in [0.2, 0.25) is 0 Å². The molecule has 0 aromatic heterocycles. The van der Waals surface area contributed by atoms with Gasteiger partial charge < -0.3 is 10.5 Å². The predicted molar refractivity (Wildman–Crippen MR) is 61.6 cm³/mol. The van der Waals surface area contributed by atoms with E-state index in [0.29, 0.717) is 0 Å². The molecule has 2 N–H and O–H groups in total. The standard InChI is InChI=1S/C13H15NO/c14-11-1-2-12-10(9-11)3-4-13(12)5-7-15-8-6-13/h1-4,9H,5-8,14H2. The summed E-state index contributed by atoms with van der Waals surface area (Å²) in [4.78, 5) is 0. The molecule has 1 aromatic carbocycles. The average Bonchev–Trinajstić information content (AvgIpc) is 2.58. The third-order valence-electron chi connectivity index (χ3n) is 3.58. The molecule has 1 fully saturated rings. The summed E-state index contributed by atoms with van der Waals surface area (Å²) in [5.41, 5.74) is 9.60. The second-order valence-electron chi connectivity index (χ2n) is 4.45. The highest BCUT2D eigenvalue weighted by molar-refractivity contribution is 5.68. The molecule has 1 spiro atoms. The second kappa shape index (κ2) is 3.11. The van der Waals surface area contributed by atoms with Crippen LogP contribution in [0.5, 0.6) is 0 Å². The van der Waals surface area contributed by atoms with Crippen molar-refractivity contribution in [1.82, 2.24) is 0 Å². The number of nitrogen functional groups attached to an aromatic ring is 1. The fraction of sp³-hybridized carbons (Fsp3) is 0.385. The molecule has 0 radical (unpaired) electrons. The van der Waals surface area contributed by atoms with Crippen LogP contribution in [0.1, 0.15) is 24.0 Å². The zero-order valence-electron chi connectivity index (χ0n) is 8.70. The molecular formula is C13H15NO. The molecule has 0 saturated carbocycles. The van der Waals surface area contributed by atoms with Crippen molar-refractivity contribution in [3.05, 3.63) is 35.4 Å². The molecule has 1 aliphatic carbocycles. The fourth-order valence-corrected chi connectivity index (χ4v) is 2.68. The first kappa shape index (κ1) is 8.98. The lowest BCUT2D eigenvalue weighted by atomic mass is 9.76. The van der Waals surface area contributed by atoms with Gasteiger partial charge in [-0.15, -0.1) is 0 Å². The van der Waals surface area contributed by atoms with Gasteiger partial charge >= 0.3 is 0 Å². The van der Waals surface area contributed by atoms with Crippen LogP contribution in [0, 0.1) is 0 Å². The van der Waals surface area contributed by atoms with Crippen LogP contribution in [-0.2, 0) is 10.2 Å². The highest BCUT2D eigenvalue weighted by Gasteiger charge is 2.36. The van der Waals surface area contributed by atoms with Crippen molar-refractivity contribution < 1.29 is 4.74 Å². The molecule has 0 unspecified atom stereocenters. The Morgan fingerprint density at radius 3 is 2.80 bits per heavy atom. The normalized spacial score (nSPS) is 21.9. The SMILES string of the molecule is Nc1ccc2c(c1)C=CC21CCOCC1. The van der Waals surface area contributed by atoms with Gasteiger partial charge in [0.1, 0.15) is 0 Å². The Hall–Kier alpha value is -1.28. The molecule has 3 rings (SSSR count). The van der Waals surface area contributed by atoms with Crippen molar-refractivity contribution in [3.8, 4) is 0 Å². The average molecular weight is 201 g/mol. The summed E-state index contributed by atoms with van der Waals surface area (Å²) < 4.78 is 5.44. The van der Waals surface area contributed by atoms with E-state index in [9.17, 15) is 0 Å². The monoisotopic (exact) mass is 201 g/mol. The number of benzene rings is 1. The molecule has 2 heteroatoms. The van der Waals surface area contributed by atoms with E-state index in [1.807, 2.05) is 6.07 Å². The van der Waals surface area contributed by atoms with E-state index in [1.54, 1.807) is 0 Å². The lowest BCUT2D eigenvalue weighted by Gasteiger charge is -2.33. The Labute approximate surface area is 89.7 Å². The van der Waals surface area contributed by atoms with E-state index in [4.69, 9.17) is 10.5 Å². The number of anilines is 1. The molecule has 0 amide bonds. The maximum Gasteiger partial charge on any atom is 0.0477 e. The molecule has 0 atom stereocenters. The van der Waals surface area contributed by atoms with Crippen LogP contribution in [0.25, 0.3) is 6.08 Å². The summed E-state index contributed by atoms with van der Waals surface area (Å²) in [7, 11) is 0. The Morgan fingerprint density at radius 2 is 2.00 bits per heavy atom. The van der Waals surface area contributed by atoms with Crippen LogP contribution in [-0.4, -0.2) is 13.2 Å². The molecule has 2 aliphatic rings. The van der Waals surface area contributed by atoms with E-state index >= 15 is 0 Å². The van der Waals surface area contributed by atoms with E-state index in [0.717, 1.165) is 31.7 Å². The summed E-state index contributed by atoms with van der Waals surface area (Å²) >= 11 is 0. The van der Waals surface area contributed by atoms with Gasteiger partial charge in [-0.05, 0) is 36.1 Å². The molecule has 1 saturated heterocycles. The first-order valence-electron chi connectivity index (χ1n) is 5.47. The van der Waals surface area contributed by atoms with Crippen molar-refractivity contribution in [2.45, 2.75) is 18.3 Å². The van der Waals surface area contributed by atoms with Gasteiger partial charge in [-0.2, -0.15) is 0 Å². The summed E-state index contributed by atoms with van der Waals surface area (Å²) in [6, 6.07) is 6.25. The first-order chi connectivity index (χ1) is 7.30. The summed E-state index contributed by atoms with van der Waals surface area (Å²) in [5.74, 6) is 0. The van der Waals surface area contributed by atoms with Crippen molar-refractivity contribution in [3.63, 3.8) is 0 Å². The molecule has 0 bridgehead atoms. The minimum Gasteiger partial charge on any atom is -0.399 e. The van der Waals surface area contributed by atoms with Gasteiger partial charge in [0.2, 0.25) is 0 Å². The Kier molecular flexibility index (Phi) is 1.86. The van der Waals surface area contributed by atoms with Gasteiger partial charge in [0, 0.05) is 24.3 Å². The van der Waals surface area contributed by atoms with Crippen molar-refractivity contribution >= 4 is 11.8 Å². The number of allylic oxidation sites excluding steroid dienone is 1. The number of hydrogen-bond donors (Lipinski definition) is 1. The second-order valence-corrected chi connectivity index (χ2v) is 4.45. The van der Waals surface area contributed by atoms with E-state index < -0.39 is 0 Å². The van der Waals surface area contributed by atoms with Gasteiger partial charge in [0.05, 0.1) is 0 Å². The maximum absolute atomic E-state index is 5.79. The number of ether oxygens (including phenoxy) is 1. The third-order valence-corrected chi connectivity index (χ3v) is 3.58. The summed E-state index contributed by atoms with van der Waals surface area (Å²) in [6.45, 7) is 1.74. The number of hydrogen-bond acceptors (Lipinski definition) is 2. The summed E-state index contributed by atoms with van der Waals surface area (Å²) in [5, 5.41) is 0. The van der Waals surface area contributed by atoms with Gasteiger partial charge in [-0.25, -0.2) is 0 Å².